The number of aromatic nitrogens is 1. The summed E-state index contributed by atoms with van der Waals surface area (Å²) in [5, 5.41) is 16.1. The molecule has 0 aromatic carbocycles. The third-order valence-corrected chi connectivity index (χ3v) is 3.16. The molecule has 0 fully saturated rings. The van der Waals surface area contributed by atoms with Gasteiger partial charge in [0.15, 0.2) is 0 Å². The van der Waals surface area contributed by atoms with Crippen molar-refractivity contribution in [1.82, 2.24) is 4.98 Å². The maximum Gasteiger partial charge on any atom is 0.141 e. The lowest BCUT2D eigenvalue weighted by Gasteiger charge is -2.11. The Labute approximate surface area is 106 Å². The van der Waals surface area contributed by atoms with Crippen molar-refractivity contribution in [2.45, 2.75) is 6.04 Å². The van der Waals surface area contributed by atoms with E-state index in [-0.39, 0.29) is 6.04 Å². The van der Waals surface area contributed by atoms with Crippen molar-refractivity contribution < 1.29 is 0 Å². The van der Waals surface area contributed by atoms with Crippen LogP contribution in [0, 0.1) is 11.3 Å². The zero-order valence-electron chi connectivity index (χ0n) is 8.22. The third kappa shape index (κ3) is 2.60. The van der Waals surface area contributed by atoms with E-state index in [1.165, 1.54) is 0 Å². The molecule has 0 spiro atoms. The number of thiophene rings is 1. The van der Waals surface area contributed by atoms with Gasteiger partial charge in [-0.1, -0.05) is 0 Å². The molecule has 0 saturated heterocycles. The number of nitriles is 1. The second-order valence-corrected chi connectivity index (χ2v) is 4.85. The predicted molar refractivity (Wildman–Crippen MR) is 68.2 cm³/mol. The number of pyridine rings is 1. The minimum atomic E-state index is -0.331. The largest absolute Gasteiger partial charge is 0.365 e. The highest BCUT2D eigenvalue weighted by Crippen LogP contribution is 2.22. The molecule has 1 atom stereocenters. The van der Waals surface area contributed by atoms with Crippen LogP contribution < -0.4 is 5.32 Å². The fraction of sp³-hybridized carbons (Fsp3) is 0.0909. The molecule has 3 nitrogen and oxygen atoms in total. The molecule has 1 N–H and O–H groups in total. The average molecular weight is 294 g/mol. The predicted octanol–water partition coefficient (Wildman–Crippen LogP) is 3.58. The Balaban J connectivity index is 2.17. The van der Waals surface area contributed by atoms with Gasteiger partial charge < -0.3 is 5.32 Å². The van der Waals surface area contributed by atoms with Crippen LogP contribution >= 0.6 is 27.3 Å². The Kier molecular flexibility index (Phi) is 3.54. The average Bonchev–Trinajstić information content (AvgIpc) is 2.79. The monoisotopic (exact) mass is 293 g/mol. The quantitative estimate of drug-likeness (QED) is 0.941. The Bertz CT molecular complexity index is 504. The molecule has 0 bridgehead atoms. The van der Waals surface area contributed by atoms with E-state index in [0.29, 0.717) is 0 Å². The first kappa shape index (κ1) is 11.1. The van der Waals surface area contributed by atoms with Gasteiger partial charge in [-0.25, -0.2) is 0 Å². The summed E-state index contributed by atoms with van der Waals surface area (Å²) >= 11 is 4.92. The van der Waals surface area contributed by atoms with E-state index >= 15 is 0 Å². The highest BCUT2D eigenvalue weighted by atomic mass is 79.9. The highest BCUT2D eigenvalue weighted by Gasteiger charge is 2.10. The fourth-order valence-corrected chi connectivity index (χ4v) is 2.34. The molecule has 16 heavy (non-hydrogen) atoms. The van der Waals surface area contributed by atoms with Crippen LogP contribution in [0.5, 0.6) is 0 Å². The van der Waals surface area contributed by atoms with E-state index in [1.54, 1.807) is 23.7 Å². The fourth-order valence-electron chi connectivity index (χ4n) is 1.29. The second-order valence-electron chi connectivity index (χ2n) is 3.15. The molecule has 5 heteroatoms. The molecular formula is C11H8BrN3S. The molecule has 2 rings (SSSR count). The molecule has 0 saturated carbocycles. The van der Waals surface area contributed by atoms with Crippen molar-refractivity contribution >= 4 is 33.0 Å². The maximum atomic E-state index is 9.09. The van der Waals surface area contributed by atoms with Gasteiger partial charge in [-0.15, -0.1) is 0 Å². The number of hydrogen-bond acceptors (Lipinski definition) is 4. The lowest BCUT2D eigenvalue weighted by molar-refractivity contribution is 1.00. The van der Waals surface area contributed by atoms with Gasteiger partial charge >= 0.3 is 0 Å². The summed E-state index contributed by atoms with van der Waals surface area (Å²) in [5.74, 6) is 0. The van der Waals surface area contributed by atoms with Crippen molar-refractivity contribution in [3.05, 3.63) is 45.3 Å². The van der Waals surface area contributed by atoms with Crippen LogP contribution in [0.3, 0.4) is 0 Å². The summed E-state index contributed by atoms with van der Waals surface area (Å²) in [4.78, 5) is 4.04. The van der Waals surface area contributed by atoms with E-state index in [4.69, 9.17) is 5.26 Å². The van der Waals surface area contributed by atoms with Crippen LogP contribution in [-0.4, -0.2) is 4.98 Å². The summed E-state index contributed by atoms with van der Waals surface area (Å²) in [5.41, 5.74) is 1.81. The van der Waals surface area contributed by atoms with Crippen LogP contribution in [0.4, 0.5) is 5.69 Å². The molecule has 2 aromatic rings. The van der Waals surface area contributed by atoms with Crippen molar-refractivity contribution in [3.8, 4) is 6.07 Å². The molecule has 0 unspecified atom stereocenters. The molecule has 0 amide bonds. The van der Waals surface area contributed by atoms with E-state index in [1.807, 2.05) is 22.9 Å². The Morgan fingerprint density at radius 1 is 1.50 bits per heavy atom. The van der Waals surface area contributed by atoms with Gasteiger partial charge in [0.05, 0.1) is 18.0 Å². The van der Waals surface area contributed by atoms with Gasteiger partial charge in [-0.05, 0) is 44.4 Å². The van der Waals surface area contributed by atoms with Gasteiger partial charge in [0, 0.05) is 10.7 Å². The first-order valence-corrected chi connectivity index (χ1v) is 6.32. The highest BCUT2D eigenvalue weighted by molar-refractivity contribution is 9.10. The van der Waals surface area contributed by atoms with Crippen LogP contribution in [-0.2, 0) is 0 Å². The molecule has 0 aliphatic heterocycles. The molecular weight excluding hydrogens is 286 g/mol. The molecule has 0 aliphatic carbocycles. The second kappa shape index (κ2) is 5.10. The maximum absolute atomic E-state index is 9.09. The molecule has 80 valence electrons. The Hall–Kier alpha value is -1.38. The normalized spacial score (nSPS) is 11.8. The SMILES string of the molecule is N#C[C@H](Nc1cncc(Br)c1)c1ccsc1. The van der Waals surface area contributed by atoms with E-state index in [0.717, 1.165) is 15.7 Å². The summed E-state index contributed by atoms with van der Waals surface area (Å²) in [7, 11) is 0. The lowest BCUT2D eigenvalue weighted by atomic mass is 10.2. The Morgan fingerprint density at radius 3 is 3.00 bits per heavy atom. The number of nitrogens with one attached hydrogen (secondary N) is 1. The Morgan fingerprint density at radius 2 is 2.38 bits per heavy atom. The van der Waals surface area contributed by atoms with Crippen molar-refractivity contribution in [2.24, 2.45) is 0 Å². The number of halogens is 1. The summed E-state index contributed by atoms with van der Waals surface area (Å²) in [6.07, 6.45) is 3.40. The topological polar surface area (TPSA) is 48.7 Å². The number of rotatable bonds is 3. The summed E-state index contributed by atoms with van der Waals surface area (Å²) in [6.45, 7) is 0. The van der Waals surface area contributed by atoms with E-state index in [2.05, 4.69) is 32.3 Å². The van der Waals surface area contributed by atoms with Crippen LogP contribution in [0.15, 0.2) is 39.8 Å². The van der Waals surface area contributed by atoms with E-state index in [9.17, 15) is 0 Å². The molecule has 2 heterocycles. The molecule has 2 aromatic heterocycles. The summed E-state index contributed by atoms with van der Waals surface area (Å²) < 4.78 is 0.888. The first-order valence-electron chi connectivity index (χ1n) is 4.58. The van der Waals surface area contributed by atoms with Crippen LogP contribution in [0.25, 0.3) is 0 Å². The van der Waals surface area contributed by atoms with Crippen molar-refractivity contribution in [1.29, 1.82) is 5.26 Å². The first-order chi connectivity index (χ1) is 7.79. The number of anilines is 1. The van der Waals surface area contributed by atoms with Gasteiger partial charge in [0.25, 0.3) is 0 Å². The van der Waals surface area contributed by atoms with Gasteiger partial charge in [-0.3, -0.25) is 4.98 Å². The van der Waals surface area contributed by atoms with Crippen molar-refractivity contribution in [3.63, 3.8) is 0 Å². The number of nitrogens with zero attached hydrogens (tertiary/aromatic N) is 2. The zero-order chi connectivity index (χ0) is 11.4. The lowest BCUT2D eigenvalue weighted by Crippen LogP contribution is -2.07. The standard InChI is InChI=1S/C11H8BrN3S/c12-9-3-10(6-14-5-9)15-11(4-13)8-1-2-16-7-8/h1-3,5-7,11,15H/t11-/m0/s1. The van der Waals surface area contributed by atoms with Crippen LogP contribution in [0.2, 0.25) is 0 Å². The minimum Gasteiger partial charge on any atom is -0.365 e. The zero-order valence-corrected chi connectivity index (χ0v) is 10.6. The van der Waals surface area contributed by atoms with E-state index < -0.39 is 0 Å². The van der Waals surface area contributed by atoms with Gasteiger partial charge in [-0.2, -0.15) is 16.6 Å². The molecule has 0 radical (unpaired) electrons. The van der Waals surface area contributed by atoms with Gasteiger partial charge in [0.2, 0.25) is 0 Å². The van der Waals surface area contributed by atoms with Crippen molar-refractivity contribution in [2.75, 3.05) is 5.32 Å². The minimum absolute atomic E-state index is 0.331. The van der Waals surface area contributed by atoms with Gasteiger partial charge in [0.1, 0.15) is 6.04 Å². The molecule has 0 aliphatic rings. The smallest absolute Gasteiger partial charge is 0.141 e. The number of hydrogen-bond donors (Lipinski definition) is 1. The summed E-state index contributed by atoms with van der Waals surface area (Å²) in [6, 6.07) is 5.73. The third-order valence-electron chi connectivity index (χ3n) is 2.02. The van der Waals surface area contributed by atoms with Crippen LogP contribution in [0.1, 0.15) is 11.6 Å².